The van der Waals surface area contributed by atoms with E-state index in [0.29, 0.717) is 22.7 Å². The van der Waals surface area contributed by atoms with E-state index >= 15 is 0 Å². The zero-order valence-corrected chi connectivity index (χ0v) is 15.1. The summed E-state index contributed by atoms with van der Waals surface area (Å²) in [6, 6.07) is 15.0. The van der Waals surface area contributed by atoms with Gasteiger partial charge in [0.2, 0.25) is 5.89 Å². The molecule has 0 atom stereocenters. The monoisotopic (exact) mass is 360 g/mol. The first-order chi connectivity index (χ1) is 13.2. The molecule has 2 aromatic carbocycles. The number of carbonyl (C=O) groups is 2. The Balaban J connectivity index is 1.49. The van der Waals surface area contributed by atoms with E-state index < -0.39 is 0 Å². The number of unbranched alkanes of at least 4 members (excludes halogenated alkanes) is 1. The topological polar surface area (TPSA) is 63.4 Å². The maximum absolute atomic E-state index is 12.5. The standard InChI is InChI=1S/C22H20N2O3/c1-2-3-6-15-9-11-16(12-10-15)20-23-17(14-27-20)13-24-21(25)18-7-4-5-8-19(18)22(24)26/h4-5,7-12,14H,2-3,6,13H2,1H3. The van der Waals surface area contributed by atoms with Crippen molar-refractivity contribution in [1.82, 2.24) is 9.88 Å². The van der Waals surface area contributed by atoms with E-state index in [4.69, 9.17) is 4.42 Å². The summed E-state index contributed by atoms with van der Waals surface area (Å²) in [5, 5.41) is 0. The highest BCUT2D eigenvalue weighted by atomic mass is 16.3. The average Bonchev–Trinajstić information content (AvgIpc) is 3.26. The predicted octanol–water partition coefficient (Wildman–Crippen LogP) is 4.48. The highest BCUT2D eigenvalue weighted by molar-refractivity contribution is 6.21. The number of imide groups is 1. The first-order valence-electron chi connectivity index (χ1n) is 9.16. The lowest BCUT2D eigenvalue weighted by atomic mass is 10.1. The number of aryl methyl sites for hydroxylation is 1. The van der Waals surface area contributed by atoms with Crippen molar-refractivity contribution in [3.63, 3.8) is 0 Å². The van der Waals surface area contributed by atoms with Gasteiger partial charge in [-0.15, -0.1) is 0 Å². The highest BCUT2D eigenvalue weighted by Crippen LogP contribution is 2.25. The second-order valence-electron chi connectivity index (χ2n) is 6.69. The molecular formula is C22H20N2O3. The third-order valence-electron chi connectivity index (χ3n) is 4.77. The number of rotatable bonds is 6. The molecule has 3 aromatic rings. The minimum absolute atomic E-state index is 0.102. The van der Waals surface area contributed by atoms with Crippen LogP contribution in [0, 0.1) is 0 Å². The van der Waals surface area contributed by atoms with Crippen LogP contribution >= 0.6 is 0 Å². The molecule has 1 aliphatic rings. The van der Waals surface area contributed by atoms with Crippen molar-refractivity contribution < 1.29 is 14.0 Å². The molecule has 0 saturated carbocycles. The van der Waals surface area contributed by atoms with E-state index in [0.717, 1.165) is 12.0 Å². The lowest BCUT2D eigenvalue weighted by Gasteiger charge is -2.11. The number of hydrogen-bond acceptors (Lipinski definition) is 4. The number of carbonyl (C=O) groups excluding carboxylic acids is 2. The Hall–Kier alpha value is -3.21. The summed E-state index contributed by atoms with van der Waals surface area (Å²) in [6.45, 7) is 2.28. The number of fused-ring (bicyclic) bond motifs is 1. The molecule has 0 N–H and O–H groups in total. The van der Waals surface area contributed by atoms with E-state index in [9.17, 15) is 9.59 Å². The summed E-state index contributed by atoms with van der Waals surface area (Å²) in [6.07, 6.45) is 4.91. The second kappa shape index (κ2) is 7.19. The van der Waals surface area contributed by atoms with Crippen LogP contribution in [0.2, 0.25) is 0 Å². The molecule has 27 heavy (non-hydrogen) atoms. The molecule has 2 heterocycles. The first-order valence-corrected chi connectivity index (χ1v) is 9.16. The summed E-state index contributed by atoms with van der Waals surface area (Å²) in [7, 11) is 0. The Morgan fingerprint density at radius 3 is 2.26 bits per heavy atom. The van der Waals surface area contributed by atoms with Gasteiger partial charge in [0.25, 0.3) is 11.8 Å². The van der Waals surface area contributed by atoms with Gasteiger partial charge >= 0.3 is 0 Å². The largest absolute Gasteiger partial charge is 0.444 e. The van der Waals surface area contributed by atoms with Crippen LogP contribution in [-0.4, -0.2) is 21.7 Å². The molecule has 5 nitrogen and oxygen atoms in total. The van der Waals surface area contributed by atoms with Crippen LogP contribution < -0.4 is 0 Å². The highest BCUT2D eigenvalue weighted by Gasteiger charge is 2.35. The van der Waals surface area contributed by atoms with E-state index in [2.05, 4.69) is 24.0 Å². The molecule has 136 valence electrons. The molecule has 0 unspecified atom stereocenters. The smallest absolute Gasteiger partial charge is 0.261 e. The van der Waals surface area contributed by atoms with Gasteiger partial charge in [0.15, 0.2) is 0 Å². The van der Waals surface area contributed by atoms with Gasteiger partial charge in [0.05, 0.1) is 23.4 Å². The molecule has 1 aliphatic heterocycles. The van der Waals surface area contributed by atoms with Crippen LogP contribution in [0.25, 0.3) is 11.5 Å². The van der Waals surface area contributed by atoms with Gasteiger partial charge in [0, 0.05) is 5.56 Å². The van der Waals surface area contributed by atoms with E-state index in [-0.39, 0.29) is 18.4 Å². The van der Waals surface area contributed by atoms with Gasteiger partial charge in [-0.1, -0.05) is 37.6 Å². The summed E-state index contributed by atoms with van der Waals surface area (Å²) in [5.74, 6) is -0.0931. The SMILES string of the molecule is CCCCc1ccc(-c2nc(CN3C(=O)c4ccccc4C3=O)co2)cc1. The van der Waals surface area contributed by atoms with Crippen molar-refractivity contribution in [2.45, 2.75) is 32.7 Å². The molecule has 0 radical (unpaired) electrons. The maximum atomic E-state index is 12.5. The molecule has 0 bridgehead atoms. The van der Waals surface area contributed by atoms with Gasteiger partial charge in [-0.3, -0.25) is 14.5 Å². The normalized spacial score (nSPS) is 13.3. The average molecular weight is 360 g/mol. The van der Waals surface area contributed by atoms with E-state index in [1.165, 1.54) is 29.6 Å². The Morgan fingerprint density at radius 1 is 0.963 bits per heavy atom. The van der Waals surface area contributed by atoms with Crippen molar-refractivity contribution in [3.8, 4) is 11.5 Å². The van der Waals surface area contributed by atoms with E-state index in [1.54, 1.807) is 24.3 Å². The molecule has 1 aromatic heterocycles. The fourth-order valence-electron chi connectivity index (χ4n) is 3.25. The molecule has 0 aliphatic carbocycles. The number of amides is 2. The number of nitrogens with zero attached hydrogens (tertiary/aromatic N) is 2. The molecule has 0 fully saturated rings. The number of hydrogen-bond donors (Lipinski definition) is 0. The third kappa shape index (κ3) is 3.28. The van der Waals surface area contributed by atoms with Gasteiger partial charge in [-0.2, -0.15) is 0 Å². The van der Waals surface area contributed by atoms with Crippen molar-refractivity contribution in [2.24, 2.45) is 0 Å². The lowest BCUT2D eigenvalue weighted by molar-refractivity contribution is 0.0640. The fourth-order valence-corrected chi connectivity index (χ4v) is 3.25. The Labute approximate surface area is 157 Å². The first kappa shape index (κ1) is 17.2. The van der Waals surface area contributed by atoms with Crippen molar-refractivity contribution >= 4 is 11.8 Å². The minimum atomic E-state index is -0.291. The molecule has 0 saturated heterocycles. The minimum Gasteiger partial charge on any atom is -0.444 e. The van der Waals surface area contributed by atoms with Gasteiger partial charge in [-0.25, -0.2) is 4.98 Å². The molecule has 5 heteroatoms. The van der Waals surface area contributed by atoms with Crippen molar-refractivity contribution in [1.29, 1.82) is 0 Å². The zero-order valence-electron chi connectivity index (χ0n) is 15.1. The van der Waals surface area contributed by atoms with Crippen LogP contribution in [0.4, 0.5) is 0 Å². The maximum Gasteiger partial charge on any atom is 0.261 e. The fraction of sp³-hybridized carbons (Fsp3) is 0.227. The van der Waals surface area contributed by atoms with Gasteiger partial charge in [0.1, 0.15) is 6.26 Å². The Bertz CT molecular complexity index is 954. The Morgan fingerprint density at radius 2 is 1.63 bits per heavy atom. The number of benzene rings is 2. The quantitative estimate of drug-likeness (QED) is 0.608. The van der Waals surface area contributed by atoms with Gasteiger partial charge in [-0.05, 0) is 42.7 Å². The van der Waals surface area contributed by atoms with Crippen LogP contribution in [-0.2, 0) is 13.0 Å². The predicted molar refractivity (Wildman–Crippen MR) is 101 cm³/mol. The summed E-state index contributed by atoms with van der Waals surface area (Å²) >= 11 is 0. The third-order valence-corrected chi connectivity index (χ3v) is 4.77. The van der Waals surface area contributed by atoms with Crippen LogP contribution in [0.1, 0.15) is 51.7 Å². The number of aromatic nitrogens is 1. The molecule has 0 spiro atoms. The van der Waals surface area contributed by atoms with Crippen LogP contribution in [0.15, 0.2) is 59.2 Å². The van der Waals surface area contributed by atoms with Gasteiger partial charge < -0.3 is 4.42 Å². The van der Waals surface area contributed by atoms with Crippen molar-refractivity contribution in [2.75, 3.05) is 0 Å². The van der Waals surface area contributed by atoms with Crippen molar-refractivity contribution in [3.05, 3.63) is 77.2 Å². The summed E-state index contributed by atoms with van der Waals surface area (Å²) < 4.78 is 5.57. The molecule has 2 amide bonds. The van der Waals surface area contributed by atoms with E-state index in [1.807, 2.05) is 12.1 Å². The molecule has 4 rings (SSSR count). The number of oxazole rings is 1. The summed E-state index contributed by atoms with van der Waals surface area (Å²) in [4.78, 5) is 30.6. The van der Waals surface area contributed by atoms with Crippen LogP contribution in [0.3, 0.4) is 0 Å². The zero-order chi connectivity index (χ0) is 18.8. The van der Waals surface area contributed by atoms with Crippen LogP contribution in [0.5, 0.6) is 0 Å². The molecular weight excluding hydrogens is 340 g/mol. The summed E-state index contributed by atoms with van der Waals surface area (Å²) in [5.41, 5.74) is 3.60. The lowest BCUT2D eigenvalue weighted by Crippen LogP contribution is -2.29. The second-order valence-corrected chi connectivity index (χ2v) is 6.69. The Kier molecular flexibility index (Phi) is 4.59.